The number of nitrogens with one attached hydrogen (secondary N) is 2. The number of anilines is 1. The minimum absolute atomic E-state index is 0.255. The summed E-state index contributed by atoms with van der Waals surface area (Å²) in [5.74, 6) is 1.14. The van der Waals surface area contributed by atoms with Crippen molar-refractivity contribution in [3.05, 3.63) is 65.0 Å². The predicted octanol–water partition coefficient (Wildman–Crippen LogP) is 4.41. The third kappa shape index (κ3) is 5.14. The van der Waals surface area contributed by atoms with Gasteiger partial charge < -0.3 is 14.8 Å². The van der Waals surface area contributed by atoms with E-state index < -0.39 is 6.10 Å². The normalized spacial score (nSPS) is 15.1. The van der Waals surface area contributed by atoms with Gasteiger partial charge in [0.2, 0.25) is 11.7 Å². The number of nitrogens with zero attached hydrogens (tertiary/aromatic N) is 3. The monoisotopic (exact) mass is 433 g/mol. The highest BCUT2D eigenvalue weighted by Gasteiger charge is 2.28. The second kappa shape index (κ2) is 10.1. The van der Waals surface area contributed by atoms with Crippen LogP contribution in [-0.4, -0.2) is 33.1 Å². The van der Waals surface area contributed by atoms with Gasteiger partial charge in [-0.05, 0) is 54.7 Å². The lowest BCUT2D eigenvalue weighted by Gasteiger charge is -2.26. The lowest BCUT2D eigenvalue weighted by molar-refractivity contribution is -0.111. The first-order valence-corrected chi connectivity index (χ1v) is 10.9. The zero-order chi connectivity index (χ0) is 22.3. The number of fused-ring (bicyclic) bond motifs is 1. The first-order valence-electron chi connectivity index (χ1n) is 10.9. The van der Waals surface area contributed by atoms with E-state index in [0.717, 1.165) is 17.5 Å². The van der Waals surface area contributed by atoms with Crippen molar-refractivity contribution in [1.82, 2.24) is 20.6 Å². The minimum atomic E-state index is -0.506. The van der Waals surface area contributed by atoms with Crippen LogP contribution in [0.15, 0.2) is 42.5 Å². The zero-order valence-corrected chi connectivity index (χ0v) is 18.3. The molecule has 4 rings (SSSR count). The fourth-order valence-electron chi connectivity index (χ4n) is 3.62. The highest BCUT2D eigenvalue weighted by Crippen LogP contribution is 2.41. The molecule has 0 radical (unpaired) electrons. The van der Waals surface area contributed by atoms with Gasteiger partial charge in [0.05, 0.1) is 5.69 Å². The number of benzene rings is 2. The predicted molar refractivity (Wildman–Crippen MR) is 122 cm³/mol. The molecule has 166 valence electrons. The minimum Gasteiger partial charge on any atom is -0.485 e. The molecule has 1 amide bonds. The second-order valence-corrected chi connectivity index (χ2v) is 7.79. The maximum atomic E-state index is 12.6. The SMILES string of the molecule is CCCCCc1ccc(C=CC(=O)Nc2cccc3c2OC(c2nn[nH]n2)CO3)c(C)c1. The number of carbonyl (C=O) groups excluding carboxylic acids is 1. The Hall–Kier alpha value is -3.68. The molecule has 2 heterocycles. The molecule has 1 atom stereocenters. The van der Waals surface area contributed by atoms with Gasteiger partial charge in [-0.1, -0.05) is 49.2 Å². The lowest BCUT2D eigenvalue weighted by atomic mass is 10.0. The van der Waals surface area contributed by atoms with Crippen LogP contribution in [0.2, 0.25) is 0 Å². The number of aromatic nitrogens is 4. The Morgan fingerprint density at radius 3 is 2.97 bits per heavy atom. The Morgan fingerprint density at radius 1 is 1.28 bits per heavy atom. The largest absolute Gasteiger partial charge is 0.485 e. The molecule has 0 saturated heterocycles. The molecule has 0 spiro atoms. The molecule has 0 fully saturated rings. The third-order valence-electron chi connectivity index (χ3n) is 5.35. The van der Waals surface area contributed by atoms with Crippen LogP contribution < -0.4 is 14.8 Å². The zero-order valence-electron chi connectivity index (χ0n) is 18.3. The van der Waals surface area contributed by atoms with Crippen LogP contribution in [0, 0.1) is 6.92 Å². The van der Waals surface area contributed by atoms with E-state index in [4.69, 9.17) is 9.47 Å². The van der Waals surface area contributed by atoms with Crippen molar-refractivity contribution in [2.45, 2.75) is 45.6 Å². The van der Waals surface area contributed by atoms with E-state index >= 15 is 0 Å². The van der Waals surface area contributed by atoms with Gasteiger partial charge in [0, 0.05) is 6.08 Å². The van der Waals surface area contributed by atoms with Gasteiger partial charge >= 0.3 is 0 Å². The van der Waals surface area contributed by atoms with E-state index in [1.54, 1.807) is 18.2 Å². The first-order chi connectivity index (χ1) is 15.6. The molecule has 2 N–H and O–H groups in total. The molecule has 32 heavy (non-hydrogen) atoms. The van der Waals surface area contributed by atoms with Crippen LogP contribution in [0.3, 0.4) is 0 Å². The maximum absolute atomic E-state index is 12.6. The summed E-state index contributed by atoms with van der Waals surface area (Å²) in [4.78, 5) is 12.6. The Kier molecular flexibility index (Phi) is 6.79. The van der Waals surface area contributed by atoms with Crippen LogP contribution in [0.4, 0.5) is 5.69 Å². The molecule has 0 bridgehead atoms. The number of para-hydroxylation sites is 1. The van der Waals surface area contributed by atoms with Crippen molar-refractivity contribution < 1.29 is 14.3 Å². The molecule has 1 aromatic heterocycles. The Balaban J connectivity index is 1.42. The number of tetrazole rings is 1. The number of unbranched alkanes of at least 4 members (excludes halogenated alkanes) is 2. The summed E-state index contributed by atoms with van der Waals surface area (Å²) < 4.78 is 11.8. The van der Waals surface area contributed by atoms with Crippen LogP contribution in [0.5, 0.6) is 11.5 Å². The van der Waals surface area contributed by atoms with E-state index in [0.29, 0.717) is 23.0 Å². The van der Waals surface area contributed by atoms with Crippen LogP contribution in [0.1, 0.15) is 54.8 Å². The quantitative estimate of drug-likeness (QED) is 0.403. The van der Waals surface area contributed by atoms with Gasteiger partial charge in [0.25, 0.3) is 0 Å². The fraction of sp³-hybridized carbons (Fsp3) is 0.333. The average Bonchev–Trinajstić information content (AvgIpc) is 3.34. The number of hydrogen-bond donors (Lipinski definition) is 2. The molecular weight excluding hydrogens is 406 g/mol. The number of aryl methyl sites for hydroxylation is 2. The molecule has 0 saturated carbocycles. The van der Waals surface area contributed by atoms with Gasteiger partial charge in [0.1, 0.15) is 6.61 Å². The summed E-state index contributed by atoms with van der Waals surface area (Å²) in [7, 11) is 0. The average molecular weight is 434 g/mol. The molecule has 0 aliphatic carbocycles. The second-order valence-electron chi connectivity index (χ2n) is 7.79. The van der Waals surface area contributed by atoms with E-state index in [1.165, 1.54) is 30.9 Å². The van der Waals surface area contributed by atoms with Gasteiger partial charge in [-0.3, -0.25) is 4.79 Å². The summed E-state index contributed by atoms with van der Waals surface area (Å²) in [5, 5.41) is 16.7. The highest BCUT2D eigenvalue weighted by atomic mass is 16.6. The lowest BCUT2D eigenvalue weighted by Crippen LogP contribution is -2.24. The van der Waals surface area contributed by atoms with Crippen molar-refractivity contribution in [3.8, 4) is 11.5 Å². The molecule has 1 unspecified atom stereocenters. The highest BCUT2D eigenvalue weighted by molar-refractivity contribution is 6.03. The van der Waals surface area contributed by atoms with E-state index in [2.05, 4.69) is 58.0 Å². The molecule has 1 aliphatic rings. The van der Waals surface area contributed by atoms with E-state index in [9.17, 15) is 4.79 Å². The molecule has 3 aromatic rings. The summed E-state index contributed by atoms with van der Waals surface area (Å²) >= 11 is 0. The summed E-state index contributed by atoms with van der Waals surface area (Å²) in [6, 6.07) is 11.8. The molecule has 1 aliphatic heterocycles. The molecule has 8 nitrogen and oxygen atoms in total. The Morgan fingerprint density at radius 2 is 2.19 bits per heavy atom. The van der Waals surface area contributed by atoms with Gasteiger partial charge in [-0.15, -0.1) is 10.2 Å². The number of aromatic amines is 1. The number of carbonyl (C=O) groups is 1. The molecule has 8 heteroatoms. The van der Waals surface area contributed by atoms with Gasteiger partial charge in [0.15, 0.2) is 17.6 Å². The van der Waals surface area contributed by atoms with Crippen molar-refractivity contribution >= 4 is 17.7 Å². The maximum Gasteiger partial charge on any atom is 0.248 e. The van der Waals surface area contributed by atoms with Crippen LogP contribution in [-0.2, 0) is 11.2 Å². The summed E-state index contributed by atoms with van der Waals surface area (Å²) in [6.07, 6.45) is 7.60. The summed E-state index contributed by atoms with van der Waals surface area (Å²) in [5.41, 5.74) is 4.03. The third-order valence-corrected chi connectivity index (χ3v) is 5.35. The van der Waals surface area contributed by atoms with E-state index in [1.807, 2.05) is 6.08 Å². The smallest absolute Gasteiger partial charge is 0.248 e. The van der Waals surface area contributed by atoms with Crippen LogP contribution >= 0.6 is 0 Å². The number of hydrogen-bond acceptors (Lipinski definition) is 6. The number of ether oxygens (including phenoxy) is 2. The van der Waals surface area contributed by atoms with Crippen molar-refractivity contribution in [3.63, 3.8) is 0 Å². The molecule has 2 aromatic carbocycles. The number of rotatable bonds is 8. The van der Waals surface area contributed by atoms with Crippen molar-refractivity contribution in [1.29, 1.82) is 0 Å². The van der Waals surface area contributed by atoms with Crippen LogP contribution in [0.25, 0.3) is 6.08 Å². The standard InChI is InChI=1S/C24H27N5O3/c1-3-4-5-7-17-10-11-18(16(2)14-17)12-13-22(30)25-19-8-6-9-20-23(19)32-21(15-31-20)24-26-28-29-27-24/h6,8-14,21H,3-5,7,15H2,1-2H3,(H,25,30)(H,26,27,28,29). The van der Waals surface area contributed by atoms with Crippen molar-refractivity contribution in [2.24, 2.45) is 0 Å². The summed E-state index contributed by atoms with van der Waals surface area (Å²) in [6.45, 7) is 4.54. The van der Waals surface area contributed by atoms with Crippen molar-refractivity contribution in [2.75, 3.05) is 11.9 Å². The van der Waals surface area contributed by atoms with E-state index in [-0.39, 0.29) is 12.5 Å². The Bertz CT molecular complexity index is 1100. The number of H-pyrrole nitrogens is 1. The van der Waals surface area contributed by atoms with Gasteiger partial charge in [-0.25, -0.2) is 0 Å². The first kappa shape index (κ1) is 21.5. The fourth-order valence-corrected chi connectivity index (χ4v) is 3.62. The molecular formula is C24H27N5O3. The Labute approximate surface area is 187 Å². The number of amides is 1. The van der Waals surface area contributed by atoms with Gasteiger partial charge in [-0.2, -0.15) is 5.21 Å². The topological polar surface area (TPSA) is 102 Å².